The quantitative estimate of drug-likeness (QED) is 0.815. The van der Waals surface area contributed by atoms with Gasteiger partial charge in [0, 0.05) is 19.0 Å². The molecule has 1 aliphatic rings. The molecule has 1 fully saturated rings. The SMILES string of the molecule is CC(C)(C)OC(=O)N1CCC[C@@H](c2nn[nH]n2)C1. The zero-order valence-electron chi connectivity index (χ0n) is 11.0. The maximum absolute atomic E-state index is 12.0. The lowest BCUT2D eigenvalue weighted by Crippen LogP contribution is -2.42. The Kier molecular flexibility index (Phi) is 3.49. The van der Waals surface area contributed by atoms with Crippen LogP contribution in [-0.2, 0) is 4.74 Å². The number of piperidine rings is 1. The summed E-state index contributed by atoms with van der Waals surface area (Å²) in [6.07, 6.45) is 1.63. The van der Waals surface area contributed by atoms with Gasteiger partial charge in [0.15, 0.2) is 5.82 Å². The minimum absolute atomic E-state index is 0.144. The summed E-state index contributed by atoms with van der Waals surface area (Å²) < 4.78 is 5.37. The van der Waals surface area contributed by atoms with E-state index in [9.17, 15) is 4.79 Å². The maximum Gasteiger partial charge on any atom is 0.410 e. The first-order chi connectivity index (χ1) is 8.46. The van der Waals surface area contributed by atoms with E-state index in [1.807, 2.05) is 20.8 Å². The van der Waals surface area contributed by atoms with Gasteiger partial charge in [0.25, 0.3) is 0 Å². The van der Waals surface area contributed by atoms with E-state index in [1.54, 1.807) is 4.90 Å². The molecule has 1 saturated heterocycles. The summed E-state index contributed by atoms with van der Waals surface area (Å²) >= 11 is 0. The topological polar surface area (TPSA) is 84.0 Å². The van der Waals surface area contributed by atoms with E-state index < -0.39 is 5.60 Å². The minimum atomic E-state index is -0.462. The summed E-state index contributed by atoms with van der Waals surface area (Å²) in [5.41, 5.74) is -0.462. The molecule has 0 saturated carbocycles. The van der Waals surface area contributed by atoms with Crippen LogP contribution >= 0.6 is 0 Å². The second-order valence-corrected chi connectivity index (χ2v) is 5.54. The number of carbonyl (C=O) groups is 1. The summed E-state index contributed by atoms with van der Waals surface area (Å²) in [5.74, 6) is 0.813. The minimum Gasteiger partial charge on any atom is -0.444 e. The van der Waals surface area contributed by atoms with Crippen LogP contribution in [0.3, 0.4) is 0 Å². The Morgan fingerprint density at radius 2 is 2.28 bits per heavy atom. The molecule has 2 heterocycles. The van der Waals surface area contributed by atoms with Crippen molar-refractivity contribution in [2.75, 3.05) is 13.1 Å². The van der Waals surface area contributed by atoms with Gasteiger partial charge in [-0.2, -0.15) is 5.21 Å². The van der Waals surface area contributed by atoms with Crippen molar-refractivity contribution in [1.29, 1.82) is 0 Å². The van der Waals surface area contributed by atoms with Gasteiger partial charge in [-0.3, -0.25) is 0 Å². The zero-order chi connectivity index (χ0) is 13.2. The molecule has 1 aromatic heterocycles. The number of tetrazole rings is 1. The molecule has 1 aliphatic heterocycles. The van der Waals surface area contributed by atoms with Crippen LogP contribution in [0.25, 0.3) is 0 Å². The Morgan fingerprint density at radius 1 is 1.50 bits per heavy atom. The molecular weight excluding hydrogens is 234 g/mol. The Labute approximate surface area is 106 Å². The van der Waals surface area contributed by atoms with Gasteiger partial charge in [0.1, 0.15) is 5.60 Å². The largest absolute Gasteiger partial charge is 0.444 e. The molecule has 100 valence electrons. The van der Waals surface area contributed by atoms with Crippen LogP contribution in [0.5, 0.6) is 0 Å². The highest BCUT2D eigenvalue weighted by Gasteiger charge is 2.29. The maximum atomic E-state index is 12.0. The van der Waals surface area contributed by atoms with Gasteiger partial charge in [-0.1, -0.05) is 5.21 Å². The summed E-state index contributed by atoms with van der Waals surface area (Å²) in [7, 11) is 0. The average molecular weight is 253 g/mol. The molecule has 2 rings (SSSR count). The van der Waals surface area contributed by atoms with Gasteiger partial charge >= 0.3 is 6.09 Å². The Morgan fingerprint density at radius 3 is 2.89 bits per heavy atom. The van der Waals surface area contributed by atoms with E-state index in [2.05, 4.69) is 20.6 Å². The highest BCUT2D eigenvalue weighted by molar-refractivity contribution is 5.68. The van der Waals surface area contributed by atoms with Crippen LogP contribution < -0.4 is 0 Å². The number of H-pyrrole nitrogens is 1. The second-order valence-electron chi connectivity index (χ2n) is 5.54. The number of likely N-dealkylation sites (tertiary alicyclic amines) is 1. The molecule has 7 heteroatoms. The third-order valence-electron chi connectivity index (χ3n) is 2.80. The van der Waals surface area contributed by atoms with Crippen molar-refractivity contribution in [1.82, 2.24) is 25.5 Å². The molecule has 0 spiro atoms. The van der Waals surface area contributed by atoms with Gasteiger partial charge < -0.3 is 9.64 Å². The highest BCUT2D eigenvalue weighted by atomic mass is 16.6. The predicted molar refractivity (Wildman–Crippen MR) is 64.0 cm³/mol. The molecule has 0 aliphatic carbocycles. The lowest BCUT2D eigenvalue weighted by Gasteiger charge is -2.32. The van der Waals surface area contributed by atoms with E-state index in [-0.39, 0.29) is 12.0 Å². The number of nitrogens with zero attached hydrogens (tertiary/aromatic N) is 4. The van der Waals surface area contributed by atoms with Crippen LogP contribution in [0, 0.1) is 0 Å². The lowest BCUT2D eigenvalue weighted by molar-refractivity contribution is 0.0196. The summed E-state index contributed by atoms with van der Waals surface area (Å²) in [4.78, 5) is 13.7. The van der Waals surface area contributed by atoms with Crippen molar-refractivity contribution in [3.8, 4) is 0 Å². The van der Waals surface area contributed by atoms with Crippen molar-refractivity contribution >= 4 is 6.09 Å². The number of rotatable bonds is 1. The third-order valence-corrected chi connectivity index (χ3v) is 2.80. The first-order valence-corrected chi connectivity index (χ1v) is 6.17. The number of hydrogen-bond donors (Lipinski definition) is 1. The van der Waals surface area contributed by atoms with Crippen LogP contribution in [0.15, 0.2) is 0 Å². The molecule has 1 atom stereocenters. The molecular formula is C11H19N5O2. The summed E-state index contributed by atoms with van der Waals surface area (Å²) in [5, 5.41) is 14.0. The van der Waals surface area contributed by atoms with Gasteiger partial charge in [0.2, 0.25) is 0 Å². The number of aromatic nitrogens is 4. The highest BCUT2D eigenvalue weighted by Crippen LogP contribution is 2.24. The van der Waals surface area contributed by atoms with Gasteiger partial charge in [0.05, 0.1) is 0 Å². The first kappa shape index (κ1) is 12.8. The number of carbonyl (C=O) groups excluding carboxylic acids is 1. The summed E-state index contributed by atoms with van der Waals surface area (Å²) in [6.45, 7) is 6.92. The van der Waals surface area contributed by atoms with Crippen LogP contribution in [0.4, 0.5) is 4.79 Å². The molecule has 1 N–H and O–H groups in total. The number of ether oxygens (including phenoxy) is 1. The standard InChI is InChI=1S/C11H19N5O2/c1-11(2,3)18-10(17)16-6-4-5-8(7-16)9-12-14-15-13-9/h8H,4-7H2,1-3H3,(H,12,13,14,15)/t8-/m1/s1. The Balaban J connectivity index is 1.96. The monoisotopic (exact) mass is 253 g/mol. The van der Waals surface area contributed by atoms with Crippen LogP contribution in [0.1, 0.15) is 45.4 Å². The molecule has 0 radical (unpaired) electrons. The normalized spacial score (nSPS) is 20.8. The van der Waals surface area contributed by atoms with E-state index >= 15 is 0 Å². The van der Waals surface area contributed by atoms with E-state index in [4.69, 9.17) is 4.74 Å². The average Bonchev–Trinajstić information content (AvgIpc) is 2.80. The number of amides is 1. The molecule has 1 amide bonds. The van der Waals surface area contributed by atoms with E-state index in [0.717, 1.165) is 19.4 Å². The zero-order valence-corrected chi connectivity index (χ0v) is 11.0. The van der Waals surface area contributed by atoms with Crippen molar-refractivity contribution in [2.45, 2.75) is 45.1 Å². The smallest absolute Gasteiger partial charge is 0.410 e. The fourth-order valence-electron chi connectivity index (χ4n) is 2.02. The Hall–Kier alpha value is -1.66. The van der Waals surface area contributed by atoms with Gasteiger partial charge in [-0.25, -0.2) is 4.79 Å². The van der Waals surface area contributed by atoms with Crippen molar-refractivity contribution in [3.05, 3.63) is 5.82 Å². The Bertz CT molecular complexity index is 398. The van der Waals surface area contributed by atoms with E-state index in [0.29, 0.717) is 12.4 Å². The molecule has 0 aromatic carbocycles. The molecule has 1 aromatic rings. The molecule has 7 nitrogen and oxygen atoms in total. The molecule has 18 heavy (non-hydrogen) atoms. The first-order valence-electron chi connectivity index (χ1n) is 6.17. The van der Waals surface area contributed by atoms with Crippen molar-refractivity contribution in [3.63, 3.8) is 0 Å². The number of aromatic amines is 1. The fourth-order valence-corrected chi connectivity index (χ4v) is 2.02. The van der Waals surface area contributed by atoms with Crippen LogP contribution in [0.2, 0.25) is 0 Å². The molecule has 0 unspecified atom stereocenters. The number of nitrogens with one attached hydrogen (secondary N) is 1. The van der Waals surface area contributed by atoms with Gasteiger partial charge in [-0.05, 0) is 33.6 Å². The lowest BCUT2D eigenvalue weighted by atomic mass is 9.98. The van der Waals surface area contributed by atoms with Gasteiger partial charge in [-0.15, -0.1) is 10.2 Å². The second kappa shape index (κ2) is 4.91. The molecule has 0 bridgehead atoms. The van der Waals surface area contributed by atoms with Crippen molar-refractivity contribution < 1.29 is 9.53 Å². The van der Waals surface area contributed by atoms with Crippen LogP contribution in [-0.4, -0.2) is 50.3 Å². The van der Waals surface area contributed by atoms with Crippen molar-refractivity contribution in [2.24, 2.45) is 0 Å². The predicted octanol–water partition coefficient (Wildman–Crippen LogP) is 1.31. The van der Waals surface area contributed by atoms with E-state index in [1.165, 1.54) is 0 Å². The third kappa shape index (κ3) is 3.18. The number of hydrogen-bond acceptors (Lipinski definition) is 5. The fraction of sp³-hybridized carbons (Fsp3) is 0.818. The summed E-state index contributed by atoms with van der Waals surface area (Å²) in [6, 6.07) is 0.